The van der Waals surface area contributed by atoms with Gasteiger partial charge in [0.2, 0.25) is 0 Å². The van der Waals surface area contributed by atoms with Gasteiger partial charge in [-0.05, 0) is 40.8 Å². The third-order valence-electron chi connectivity index (χ3n) is 3.14. The molecule has 1 aromatic heterocycles. The Morgan fingerprint density at radius 3 is 3.06 bits per heavy atom. The highest BCUT2D eigenvalue weighted by Gasteiger charge is 2.27. The summed E-state index contributed by atoms with van der Waals surface area (Å²) in [6, 6.07) is 1.98. The smallest absolute Gasteiger partial charge is 0.253 e. The lowest BCUT2D eigenvalue weighted by Crippen LogP contribution is -2.38. The minimum Gasteiger partial charge on any atom is -0.349 e. The summed E-state index contributed by atoms with van der Waals surface area (Å²) in [6.07, 6.45) is 6.49. The van der Waals surface area contributed by atoms with Crippen molar-refractivity contribution in [1.29, 1.82) is 0 Å². The topological polar surface area (TPSA) is 42.0 Å². The van der Waals surface area contributed by atoms with Crippen molar-refractivity contribution in [2.24, 2.45) is 5.92 Å². The van der Waals surface area contributed by atoms with Crippen LogP contribution in [0.2, 0.25) is 0 Å². The van der Waals surface area contributed by atoms with Gasteiger partial charge in [-0.3, -0.25) is 9.78 Å². The fraction of sp³-hybridized carbons (Fsp3) is 0.500. The summed E-state index contributed by atoms with van der Waals surface area (Å²) in [4.78, 5) is 16.0. The maximum absolute atomic E-state index is 12.0. The molecule has 0 saturated heterocycles. The van der Waals surface area contributed by atoms with Gasteiger partial charge in [0.1, 0.15) is 0 Å². The van der Waals surface area contributed by atoms with Crippen LogP contribution in [-0.4, -0.2) is 22.8 Å². The van der Waals surface area contributed by atoms with Gasteiger partial charge in [-0.15, -0.1) is 11.6 Å². The third-order valence-corrected chi connectivity index (χ3v) is 3.97. The molecule has 2 atom stereocenters. The second-order valence-corrected chi connectivity index (χ2v) is 5.54. The Morgan fingerprint density at radius 1 is 1.53 bits per heavy atom. The lowest BCUT2D eigenvalue weighted by molar-refractivity contribution is 0.0929. The number of amides is 1. The first-order valence-electron chi connectivity index (χ1n) is 5.68. The minimum atomic E-state index is -0.0687. The van der Waals surface area contributed by atoms with Gasteiger partial charge in [-0.2, -0.15) is 0 Å². The molecule has 2 rings (SSSR count). The van der Waals surface area contributed by atoms with E-state index in [0.717, 1.165) is 23.7 Å². The van der Waals surface area contributed by atoms with Crippen LogP contribution in [0, 0.1) is 5.92 Å². The van der Waals surface area contributed by atoms with E-state index in [9.17, 15) is 4.79 Å². The molecular weight excluding hydrogens is 304 g/mol. The number of nitrogens with zero attached hydrogens (tertiary/aromatic N) is 1. The summed E-state index contributed by atoms with van der Waals surface area (Å²) in [5.74, 6) is 0.948. The minimum absolute atomic E-state index is 0.0687. The molecule has 2 unspecified atom stereocenters. The van der Waals surface area contributed by atoms with Crippen LogP contribution in [0.15, 0.2) is 22.9 Å². The van der Waals surface area contributed by atoms with E-state index in [0.29, 0.717) is 17.4 Å². The van der Waals surface area contributed by atoms with Gasteiger partial charge in [-0.25, -0.2) is 0 Å². The number of pyridine rings is 1. The van der Waals surface area contributed by atoms with Crippen LogP contribution >= 0.6 is 27.5 Å². The van der Waals surface area contributed by atoms with Gasteiger partial charge >= 0.3 is 0 Å². The van der Waals surface area contributed by atoms with Gasteiger partial charge in [-0.1, -0.05) is 6.42 Å². The van der Waals surface area contributed by atoms with E-state index in [1.807, 2.05) is 0 Å². The molecule has 0 aromatic carbocycles. The van der Waals surface area contributed by atoms with Gasteiger partial charge in [0.25, 0.3) is 5.91 Å². The van der Waals surface area contributed by atoms with Crippen LogP contribution in [0.1, 0.15) is 29.6 Å². The van der Waals surface area contributed by atoms with Crippen LogP contribution in [0.25, 0.3) is 0 Å². The summed E-state index contributed by atoms with van der Waals surface area (Å²) in [5, 5.41) is 3.04. The molecule has 0 radical (unpaired) electrons. The van der Waals surface area contributed by atoms with E-state index in [4.69, 9.17) is 11.6 Å². The molecule has 1 fully saturated rings. The Balaban J connectivity index is 2.01. The van der Waals surface area contributed by atoms with Crippen molar-refractivity contribution in [2.75, 3.05) is 5.88 Å². The zero-order valence-electron chi connectivity index (χ0n) is 9.33. The van der Waals surface area contributed by atoms with Crippen LogP contribution in [0.3, 0.4) is 0 Å². The fourth-order valence-corrected chi connectivity index (χ4v) is 2.93. The van der Waals surface area contributed by atoms with E-state index < -0.39 is 0 Å². The molecule has 1 heterocycles. The highest BCUT2D eigenvalue weighted by atomic mass is 79.9. The van der Waals surface area contributed by atoms with Crippen LogP contribution in [-0.2, 0) is 0 Å². The monoisotopic (exact) mass is 316 g/mol. The average Bonchev–Trinajstić information content (AvgIpc) is 2.76. The molecule has 17 heavy (non-hydrogen) atoms. The second kappa shape index (κ2) is 5.83. The Morgan fingerprint density at radius 2 is 2.35 bits per heavy atom. The zero-order chi connectivity index (χ0) is 12.3. The Bertz CT molecular complexity index is 413. The number of aromatic nitrogens is 1. The summed E-state index contributed by atoms with van der Waals surface area (Å²) in [7, 11) is 0. The van der Waals surface area contributed by atoms with Crippen molar-refractivity contribution < 1.29 is 4.79 Å². The Labute approximate surface area is 114 Å². The number of carbonyl (C=O) groups excluding carboxylic acids is 1. The SMILES string of the molecule is O=C(NC1CCCC1CCl)c1cncc(Br)c1. The number of alkyl halides is 1. The van der Waals surface area contributed by atoms with Gasteiger partial charge < -0.3 is 5.32 Å². The van der Waals surface area contributed by atoms with E-state index in [1.54, 1.807) is 18.5 Å². The quantitative estimate of drug-likeness (QED) is 0.871. The number of carbonyl (C=O) groups is 1. The van der Waals surface area contributed by atoms with Crippen LogP contribution in [0.4, 0.5) is 0 Å². The first-order valence-corrected chi connectivity index (χ1v) is 7.01. The molecular formula is C12H14BrClN2O. The lowest BCUT2D eigenvalue weighted by atomic mass is 10.1. The fourth-order valence-electron chi connectivity index (χ4n) is 2.20. The molecule has 0 spiro atoms. The average molecular weight is 318 g/mol. The van der Waals surface area contributed by atoms with E-state index >= 15 is 0 Å². The van der Waals surface area contributed by atoms with Crippen molar-refractivity contribution in [1.82, 2.24) is 10.3 Å². The molecule has 0 bridgehead atoms. The van der Waals surface area contributed by atoms with Crippen LogP contribution in [0.5, 0.6) is 0 Å². The van der Waals surface area contributed by atoms with Gasteiger partial charge in [0, 0.05) is 28.8 Å². The molecule has 1 aliphatic carbocycles. The standard InChI is InChI=1S/C12H14BrClN2O/c13-10-4-9(6-15-7-10)12(17)16-11-3-1-2-8(11)5-14/h4,6-8,11H,1-3,5H2,(H,16,17). The Hall–Kier alpha value is -0.610. The number of rotatable bonds is 3. The van der Waals surface area contributed by atoms with Crippen molar-refractivity contribution in [3.05, 3.63) is 28.5 Å². The number of hydrogen-bond donors (Lipinski definition) is 1. The van der Waals surface area contributed by atoms with E-state index in [2.05, 4.69) is 26.2 Å². The largest absolute Gasteiger partial charge is 0.349 e. The zero-order valence-corrected chi connectivity index (χ0v) is 11.7. The Kier molecular flexibility index (Phi) is 4.40. The summed E-state index contributed by atoms with van der Waals surface area (Å²) >= 11 is 9.19. The van der Waals surface area contributed by atoms with E-state index in [1.165, 1.54) is 0 Å². The molecule has 1 aromatic rings. The molecule has 1 saturated carbocycles. The number of nitrogens with one attached hydrogen (secondary N) is 1. The van der Waals surface area contributed by atoms with Crippen molar-refractivity contribution in [3.63, 3.8) is 0 Å². The van der Waals surface area contributed by atoms with Crippen molar-refractivity contribution in [3.8, 4) is 0 Å². The maximum Gasteiger partial charge on any atom is 0.253 e. The molecule has 92 valence electrons. The first-order chi connectivity index (χ1) is 8.20. The lowest BCUT2D eigenvalue weighted by Gasteiger charge is -2.18. The maximum atomic E-state index is 12.0. The molecule has 1 N–H and O–H groups in total. The molecule has 1 amide bonds. The summed E-state index contributed by atoms with van der Waals surface area (Å²) in [6.45, 7) is 0. The molecule has 1 aliphatic rings. The van der Waals surface area contributed by atoms with Crippen molar-refractivity contribution in [2.45, 2.75) is 25.3 Å². The second-order valence-electron chi connectivity index (χ2n) is 4.32. The third kappa shape index (κ3) is 3.19. The van der Waals surface area contributed by atoms with Crippen LogP contribution < -0.4 is 5.32 Å². The van der Waals surface area contributed by atoms with Crippen molar-refractivity contribution >= 4 is 33.4 Å². The molecule has 5 heteroatoms. The molecule has 3 nitrogen and oxygen atoms in total. The number of hydrogen-bond acceptors (Lipinski definition) is 2. The highest BCUT2D eigenvalue weighted by molar-refractivity contribution is 9.10. The van der Waals surface area contributed by atoms with E-state index in [-0.39, 0.29) is 11.9 Å². The predicted molar refractivity (Wildman–Crippen MR) is 71.3 cm³/mol. The van der Waals surface area contributed by atoms with Gasteiger partial charge in [0.15, 0.2) is 0 Å². The highest BCUT2D eigenvalue weighted by Crippen LogP contribution is 2.26. The predicted octanol–water partition coefficient (Wildman–Crippen LogP) is 2.98. The first kappa shape index (κ1) is 12.8. The summed E-state index contributed by atoms with van der Waals surface area (Å²) < 4.78 is 0.811. The normalized spacial score (nSPS) is 23.6. The number of halogens is 2. The molecule has 0 aliphatic heterocycles. The summed E-state index contributed by atoms with van der Waals surface area (Å²) in [5.41, 5.74) is 0.583. The van der Waals surface area contributed by atoms with Gasteiger partial charge in [0.05, 0.1) is 5.56 Å².